The lowest BCUT2D eigenvalue weighted by atomic mass is 10.0. The molecule has 2 rings (SSSR count). The number of methoxy groups -OCH3 is 1. The van der Waals surface area contributed by atoms with Crippen molar-refractivity contribution >= 4 is 0 Å². The molecule has 4 heteroatoms. The molecule has 0 saturated carbocycles. The van der Waals surface area contributed by atoms with Crippen LogP contribution in [0.1, 0.15) is 31.2 Å². The van der Waals surface area contributed by atoms with E-state index in [4.69, 9.17) is 9.47 Å². The fraction of sp³-hybridized carbons (Fsp3) is 0.600. The molecule has 0 radical (unpaired) electrons. The molecule has 19 heavy (non-hydrogen) atoms. The standard InChI is InChI=1S/C15H22FNO2/c1-18-15-6-5-12(10-14(15)16)11-19-9-7-13-4-2-3-8-17-13/h5-6,10,13,17H,2-4,7-9,11H2,1H3. The lowest BCUT2D eigenvalue weighted by molar-refractivity contribution is 0.108. The Morgan fingerprint density at radius 1 is 1.37 bits per heavy atom. The van der Waals surface area contributed by atoms with Crippen molar-refractivity contribution in [3.05, 3.63) is 29.6 Å². The predicted octanol–water partition coefficient (Wildman–Crippen LogP) is 2.88. The van der Waals surface area contributed by atoms with Crippen LogP contribution in [0.2, 0.25) is 0 Å². The van der Waals surface area contributed by atoms with Crippen LogP contribution in [0.5, 0.6) is 5.75 Å². The summed E-state index contributed by atoms with van der Waals surface area (Å²) in [5.41, 5.74) is 0.843. The number of rotatable bonds is 6. The zero-order valence-corrected chi connectivity index (χ0v) is 11.5. The average Bonchev–Trinajstić information content (AvgIpc) is 2.45. The lowest BCUT2D eigenvalue weighted by Crippen LogP contribution is -2.34. The Kier molecular flexibility index (Phi) is 5.61. The molecule has 1 atom stereocenters. The highest BCUT2D eigenvalue weighted by molar-refractivity contribution is 5.28. The molecule has 1 aliphatic heterocycles. The minimum absolute atomic E-state index is 0.273. The maximum absolute atomic E-state index is 13.5. The molecule has 3 nitrogen and oxygen atoms in total. The first-order valence-electron chi connectivity index (χ1n) is 6.93. The summed E-state index contributed by atoms with van der Waals surface area (Å²) in [6.07, 6.45) is 4.85. The van der Waals surface area contributed by atoms with E-state index in [0.717, 1.165) is 18.5 Å². The zero-order valence-electron chi connectivity index (χ0n) is 11.5. The summed E-state index contributed by atoms with van der Waals surface area (Å²) in [5.74, 6) is -0.0623. The molecule has 0 aliphatic carbocycles. The third-order valence-corrected chi connectivity index (χ3v) is 3.51. The highest BCUT2D eigenvalue weighted by Crippen LogP contribution is 2.18. The largest absolute Gasteiger partial charge is 0.494 e. The van der Waals surface area contributed by atoms with Gasteiger partial charge in [0, 0.05) is 12.6 Å². The molecular weight excluding hydrogens is 245 g/mol. The molecule has 1 N–H and O–H groups in total. The third kappa shape index (κ3) is 4.48. The topological polar surface area (TPSA) is 30.5 Å². The molecular formula is C15H22FNO2. The summed E-state index contributed by atoms with van der Waals surface area (Å²) in [6, 6.07) is 5.52. The van der Waals surface area contributed by atoms with Crippen LogP contribution in [0.4, 0.5) is 4.39 Å². The summed E-state index contributed by atoms with van der Waals surface area (Å²) in [6.45, 7) is 2.29. The zero-order chi connectivity index (χ0) is 13.5. The van der Waals surface area contributed by atoms with Crippen molar-refractivity contribution in [1.29, 1.82) is 0 Å². The van der Waals surface area contributed by atoms with Gasteiger partial charge >= 0.3 is 0 Å². The molecule has 1 saturated heterocycles. The molecule has 0 amide bonds. The number of nitrogens with one attached hydrogen (secondary N) is 1. The van der Waals surface area contributed by atoms with Crippen molar-refractivity contribution in [3.63, 3.8) is 0 Å². The van der Waals surface area contributed by atoms with Crippen LogP contribution in [-0.4, -0.2) is 26.3 Å². The van der Waals surface area contributed by atoms with Gasteiger partial charge in [-0.05, 0) is 43.5 Å². The van der Waals surface area contributed by atoms with Crippen LogP contribution in [0.25, 0.3) is 0 Å². The van der Waals surface area contributed by atoms with Crippen molar-refractivity contribution in [3.8, 4) is 5.75 Å². The first-order valence-corrected chi connectivity index (χ1v) is 6.93. The monoisotopic (exact) mass is 267 g/mol. The predicted molar refractivity (Wildman–Crippen MR) is 72.9 cm³/mol. The van der Waals surface area contributed by atoms with E-state index in [0.29, 0.717) is 19.3 Å². The summed E-state index contributed by atoms with van der Waals surface area (Å²) in [4.78, 5) is 0. The first kappa shape index (κ1) is 14.3. The van der Waals surface area contributed by atoms with E-state index in [1.807, 2.05) is 6.07 Å². The Labute approximate surface area is 114 Å². The van der Waals surface area contributed by atoms with Crippen molar-refractivity contribution < 1.29 is 13.9 Å². The summed E-state index contributed by atoms with van der Waals surface area (Å²) in [7, 11) is 1.46. The van der Waals surface area contributed by atoms with Gasteiger partial charge in [0.2, 0.25) is 0 Å². The van der Waals surface area contributed by atoms with E-state index >= 15 is 0 Å². The molecule has 1 unspecified atom stereocenters. The fourth-order valence-electron chi connectivity index (χ4n) is 2.39. The molecule has 0 spiro atoms. The number of hydrogen-bond donors (Lipinski definition) is 1. The Bertz CT molecular complexity index is 392. The van der Waals surface area contributed by atoms with Crippen LogP contribution in [-0.2, 0) is 11.3 Å². The molecule has 1 aliphatic rings. The second kappa shape index (κ2) is 7.46. The molecule has 106 valence electrons. The van der Waals surface area contributed by atoms with Gasteiger partial charge < -0.3 is 14.8 Å². The quantitative estimate of drug-likeness (QED) is 0.804. The van der Waals surface area contributed by atoms with Crippen molar-refractivity contribution in [2.75, 3.05) is 20.3 Å². The second-order valence-corrected chi connectivity index (χ2v) is 4.96. The Morgan fingerprint density at radius 2 is 2.26 bits per heavy atom. The number of piperidine rings is 1. The van der Waals surface area contributed by atoms with E-state index in [-0.39, 0.29) is 11.6 Å². The fourth-order valence-corrected chi connectivity index (χ4v) is 2.39. The van der Waals surface area contributed by atoms with Crippen molar-refractivity contribution in [2.24, 2.45) is 0 Å². The van der Waals surface area contributed by atoms with Gasteiger partial charge in [-0.3, -0.25) is 0 Å². The van der Waals surface area contributed by atoms with Crippen LogP contribution in [0, 0.1) is 5.82 Å². The number of halogens is 1. The van der Waals surface area contributed by atoms with Crippen LogP contribution < -0.4 is 10.1 Å². The van der Waals surface area contributed by atoms with Gasteiger partial charge in [-0.1, -0.05) is 12.5 Å². The Balaban J connectivity index is 1.69. The van der Waals surface area contributed by atoms with Crippen LogP contribution in [0.15, 0.2) is 18.2 Å². The number of benzene rings is 1. The summed E-state index contributed by atoms with van der Waals surface area (Å²) < 4.78 is 23.9. The molecule has 1 fully saturated rings. The maximum Gasteiger partial charge on any atom is 0.165 e. The summed E-state index contributed by atoms with van der Waals surface area (Å²) >= 11 is 0. The molecule has 1 aromatic rings. The van der Waals surface area contributed by atoms with Gasteiger partial charge in [-0.15, -0.1) is 0 Å². The SMILES string of the molecule is COc1ccc(COCCC2CCCCN2)cc1F. The van der Waals surface area contributed by atoms with Gasteiger partial charge in [0.05, 0.1) is 13.7 Å². The van der Waals surface area contributed by atoms with Crippen molar-refractivity contribution in [2.45, 2.75) is 38.3 Å². The number of hydrogen-bond acceptors (Lipinski definition) is 3. The third-order valence-electron chi connectivity index (χ3n) is 3.51. The lowest BCUT2D eigenvalue weighted by Gasteiger charge is -2.23. The normalized spacial score (nSPS) is 19.4. The highest BCUT2D eigenvalue weighted by Gasteiger charge is 2.11. The minimum Gasteiger partial charge on any atom is -0.494 e. The van der Waals surface area contributed by atoms with Gasteiger partial charge in [-0.2, -0.15) is 0 Å². The van der Waals surface area contributed by atoms with E-state index < -0.39 is 0 Å². The van der Waals surface area contributed by atoms with Gasteiger partial charge in [0.1, 0.15) is 0 Å². The Hall–Kier alpha value is -1.13. The minimum atomic E-state index is -0.336. The summed E-state index contributed by atoms with van der Waals surface area (Å²) in [5, 5.41) is 3.49. The van der Waals surface area contributed by atoms with E-state index in [1.54, 1.807) is 6.07 Å². The van der Waals surface area contributed by atoms with E-state index in [2.05, 4.69) is 5.32 Å². The maximum atomic E-state index is 13.5. The first-order chi connectivity index (χ1) is 9.29. The van der Waals surface area contributed by atoms with E-state index in [1.165, 1.54) is 32.4 Å². The molecule has 1 heterocycles. The smallest absolute Gasteiger partial charge is 0.165 e. The van der Waals surface area contributed by atoms with Crippen molar-refractivity contribution in [1.82, 2.24) is 5.32 Å². The molecule has 1 aromatic carbocycles. The van der Waals surface area contributed by atoms with Crippen LogP contribution in [0.3, 0.4) is 0 Å². The van der Waals surface area contributed by atoms with Gasteiger partial charge in [0.15, 0.2) is 11.6 Å². The van der Waals surface area contributed by atoms with Gasteiger partial charge in [0.25, 0.3) is 0 Å². The number of ether oxygens (including phenoxy) is 2. The van der Waals surface area contributed by atoms with Gasteiger partial charge in [-0.25, -0.2) is 4.39 Å². The van der Waals surface area contributed by atoms with Crippen LogP contribution >= 0.6 is 0 Å². The van der Waals surface area contributed by atoms with E-state index in [9.17, 15) is 4.39 Å². The second-order valence-electron chi connectivity index (χ2n) is 4.96. The highest BCUT2D eigenvalue weighted by atomic mass is 19.1. The molecule has 0 aromatic heterocycles. The Morgan fingerprint density at radius 3 is 2.95 bits per heavy atom. The molecule has 0 bridgehead atoms. The average molecular weight is 267 g/mol.